The summed E-state index contributed by atoms with van der Waals surface area (Å²) in [7, 11) is 0. The molecule has 0 rings (SSSR count). The van der Waals surface area contributed by atoms with E-state index in [-0.39, 0.29) is 31.1 Å². The Morgan fingerprint density at radius 1 is 0.294 bits per heavy atom. The summed E-state index contributed by atoms with van der Waals surface area (Å²) in [5.41, 5.74) is 0. The van der Waals surface area contributed by atoms with Gasteiger partial charge >= 0.3 is 17.9 Å². The highest BCUT2D eigenvalue weighted by Gasteiger charge is 2.19. The van der Waals surface area contributed by atoms with Gasteiger partial charge in [-0.05, 0) is 77.0 Å². The molecule has 0 aliphatic heterocycles. The van der Waals surface area contributed by atoms with Crippen molar-refractivity contribution < 1.29 is 28.6 Å². The number of ether oxygens (including phenoxy) is 3. The molecule has 0 spiro atoms. The van der Waals surface area contributed by atoms with E-state index in [2.05, 4.69) is 57.2 Å². The van der Waals surface area contributed by atoms with Crippen molar-refractivity contribution in [2.45, 2.75) is 329 Å². The average Bonchev–Trinajstić information content (AvgIpc) is 3.34. The first-order valence-corrected chi connectivity index (χ1v) is 30.0. The Balaban J connectivity index is 3.91. The fourth-order valence-corrected chi connectivity index (χ4v) is 8.82. The molecule has 0 aliphatic rings. The molecule has 0 amide bonds. The molecule has 6 heteroatoms. The summed E-state index contributed by atoms with van der Waals surface area (Å²) in [4.78, 5) is 37.7. The quantitative estimate of drug-likeness (QED) is 0.0262. The van der Waals surface area contributed by atoms with Crippen LogP contribution in [0, 0.1) is 0 Å². The van der Waals surface area contributed by atoms with Gasteiger partial charge in [-0.2, -0.15) is 0 Å². The predicted octanol–water partition coefficient (Wildman–Crippen LogP) is 20.0. The second kappa shape index (κ2) is 57.2. The Hall–Kier alpha value is -2.37. The van der Waals surface area contributed by atoms with Gasteiger partial charge in [-0.1, -0.05) is 263 Å². The van der Waals surface area contributed by atoms with Crippen molar-refractivity contribution in [3.8, 4) is 0 Å². The summed E-state index contributed by atoms with van der Waals surface area (Å²) in [6.07, 6.45) is 69.2. The van der Waals surface area contributed by atoms with Crippen molar-refractivity contribution in [3.05, 3.63) is 36.5 Å². The largest absolute Gasteiger partial charge is 0.462 e. The van der Waals surface area contributed by atoms with Gasteiger partial charge in [0.15, 0.2) is 6.10 Å². The molecular formula is C62H114O6. The molecule has 0 aromatic heterocycles. The molecule has 1 atom stereocenters. The molecule has 0 radical (unpaired) electrons. The van der Waals surface area contributed by atoms with Gasteiger partial charge in [-0.15, -0.1) is 0 Å². The Labute approximate surface area is 423 Å². The first-order valence-electron chi connectivity index (χ1n) is 30.0. The molecule has 0 N–H and O–H groups in total. The van der Waals surface area contributed by atoms with E-state index in [0.29, 0.717) is 19.3 Å². The topological polar surface area (TPSA) is 78.9 Å². The third-order valence-electron chi connectivity index (χ3n) is 13.4. The zero-order valence-corrected chi connectivity index (χ0v) is 45.6. The van der Waals surface area contributed by atoms with Gasteiger partial charge in [-0.25, -0.2) is 0 Å². The van der Waals surface area contributed by atoms with Gasteiger partial charge in [-0.3, -0.25) is 14.4 Å². The van der Waals surface area contributed by atoms with E-state index in [9.17, 15) is 14.4 Å². The van der Waals surface area contributed by atoms with Gasteiger partial charge in [0.2, 0.25) is 0 Å². The van der Waals surface area contributed by atoms with Crippen molar-refractivity contribution in [2.75, 3.05) is 13.2 Å². The number of hydrogen-bond donors (Lipinski definition) is 0. The fourth-order valence-electron chi connectivity index (χ4n) is 8.82. The van der Waals surface area contributed by atoms with E-state index in [1.165, 1.54) is 205 Å². The van der Waals surface area contributed by atoms with Gasteiger partial charge in [0.1, 0.15) is 13.2 Å². The normalized spacial score (nSPS) is 12.2. The highest BCUT2D eigenvalue weighted by atomic mass is 16.6. The smallest absolute Gasteiger partial charge is 0.306 e. The number of rotatable bonds is 55. The van der Waals surface area contributed by atoms with Crippen LogP contribution in [-0.4, -0.2) is 37.2 Å². The van der Waals surface area contributed by atoms with E-state index < -0.39 is 6.10 Å². The number of carbonyl (C=O) groups excluding carboxylic acids is 3. The van der Waals surface area contributed by atoms with E-state index in [4.69, 9.17) is 14.2 Å². The lowest BCUT2D eigenvalue weighted by molar-refractivity contribution is -0.167. The molecule has 0 aromatic carbocycles. The molecule has 0 heterocycles. The number of carbonyl (C=O) groups is 3. The summed E-state index contributed by atoms with van der Waals surface area (Å²) >= 11 is 0. The number of esters is 3. The third-order valence-corrected chi connectivity index (χ3v) is 13.4. The molecular weight excluding hydrogens is 841 g/mol. The zero-order chi connectivity index (χ0) is 49.3. The van der Waals surface area contributed by atoms with Crippen molar-refractivity contribution >= 4 is 17.9 Å². The maximum Gasteiger partial charge on any atom is 0.306 e. The minimum Gasteiger partial charge on any atom is -0.462 e. The van der Waals surface area contributed by atoms with Gasteiger partial charge in [0.05, 0.1) is 0 Å². The highest BCUT2D eigenvalue weighted by Crippen LogP contribution is 2.17. The summed E-state index contributed by atoms with van der Waals surface area (Å²) in [6, 6.07) is 0. The zero-order valence-electron chi connectivity index (χ0n) is 45.6. The summed E-state index contributed by atoms with van der Waals surface area (Å²) < 4.78 is 16.7. The van der Waals surface area contributed by atoms with Crippen LogP contribution in [0.25, 0.3) is 0 Å². The third kappa shape index (κ3) is 54.6. The van der Waals surface area contributed by atoms with Gasteiger partial charge in [0, 0.05) is 19.3 Å². The van der Waals surface area contributed by atoms with Gasteiger partial charge < -0.3 is 14.2 Å². The standard InChI is InChI=1S/C62H114O6/c1-4-7-10-13-15-17-19-21-23-24-25-26-27-28-29-30-31-32-33-34-35-36-37-38-39-41-42-44-46-49-52-55-61(64)67-58-59(57-66-60(63)54-51-48-12-9-6-3)68-62(65)56-53-50-47-45-43-40-22-20-18-16-14-11-8-5-2/h19-22,24-25,59H,4-18,23,26-58H2,1-3H3/b21-19-,22-20-,25-24-. The molecule has 0 saturated heterocycles. The number of unbranched alkanes of at least 4 members (excludes halogenated alkanes) is 38. The molecule has 0 aromatic rings. The van der Waals surface area contributed by atoms with Crippen LogP contribution in [0.1, 0.15) is 323 Å². The lowest BCUT2D eigenvalue weighted by atomic mass is 10.0. The maximum absolute atomic E-state index is 12.7. The lowest BCUT2D eigenvalue weighted by Crippen LogP contribution is -2.30. The minimum atomic E-state index is -0.769. The molecule has 6 nitrogen and oxygen atoms in total. The van der Waals surface area contributed by atoms with Gasteiger partial charge in [0.25, 0.3) is 0 Å². The van der Waals surface area contributed by atoms with Crippen LogP contribution >= 0.6 is 0 Å². The SMILES string of the molecule is CCCCCCC/C=C\C/C=C\CCCCCCCCCCCCCCCCCCCCCC(=O)OCC(COC(=O)CCCCCCC)OC(=O)CCCCCCC/C=C\CCCCCCC. The van der Waals surface area contributed by atoms with Crippen LogP contribution in [-0.2, 0) is 28.6 Å². The first-order chi connectivity index (χ1) is 33.5. The lowest BCUT2D eigenvalue weighted by Gasteiger charge is -2.18. The molecule has 0 aliphatic carbocycles. The van der Waals surface area contributed by atoms with Crippen molar-refractivity contribution in [1.29, 1.82) is 0 Å². The number of allylic oxidation sites excluding steroid dienone is 6. The second-order valence-electron chi connectivity index (χ2n) is 20.3. The van der Waals surface area contributed by atoms with E-state index in [1.807, 2.05) is 0 Å². The fraction of sp³-hybridized carbons (Fsp3) is 0.855. The molecule has 398 valence electrons. The van der Waals surface area contributed by atoms with E-state index in [0.717, 1.165) is 77.0 Å². The molecule has 0 fully saturated rings. The van der Waals surface area contributed by atoms with Crippen molar-refractivity contribution in [1.82, 2.24) is 0 Å². The Morgan fingerprint density at radius 2 is 0.529 bits per heavy atom. The monoisotopic (exact) mass is 955 g/mol. The Morgan fingerprint density at radius 3 is 0.824 bits per heavy atom. The Bertz CT molecular complexity index is 1140. The van der Waals surface area contributed by atoms with Crippen LogP contribution < -0.4 is 0 Å². The van der Waals surface area contributed by atoms with Crippen molar-refractivity contribution in [3.63, 3.8) is 0 Å². The highest BCUT2D eigenvalue weighted by molar-refractivity contribution is 5.71. The second-order valence-corrected chi connectivity index (χ2v) is 20.3. The summed E-state index contributed by atoms with van der Waals surface area (Å²) in [5.74, 6) is -0.881. The van der Waals surface area contributed by atoms with E-state index in [1.54, 1.807) is 0 Å². The Kier molecular flexibility index (Phi) is 55.2. The summed E-state index contributed by atoms with van der Waals surface area (Å²) in [6.45, 7) is 6.56. The van der Waals surface area contributed by atoms with E-state index >= 15 is 0 Å². The average molecular weight is 956 g/mol. The first kappa shape index (κ1) is 65.6. The van der Waals surface area contributed by atoms with Crippen LogP contribution in [0.2, 0.25) is 0 Å². The predicted molar refractivity (Wildman–Crippen MR) is 293 cm³/mol. The number of hydrogen-bond acceptors (Lipinski definition) is 6. The maximum atomic E-state index is 12.7. The molecule has 0 bridgehead atoms. The minimum absolute atomic E-state index is 0.0720. The van der Waals surface area contributed by atoms with Crippen LogP contribution in [0.3, 0.4) is 0 Å². The van der Waals surface area contributed by atoms with Crippen LogP contribution in [0.4, 0.5) is 0 Å². The van der Waals surface area contributed by atoms with Crippen LogP contribution in [0.15, 0.2) is 36.5 Å². The summed E-state index contributed by atoms with van der Waals surface area (Å²) in [5, 5.41) is 0. The van der Waals surface area contributed by atoms with Crippen LogP contribution in [0.5, 0.6) is 0 Å². The molecule has 1 unspecified atom stereocenters. The molecule has 0 saturated carbocycles. The molecule has 68 heavy (non-hydrogen) atoms. The van der Waals surface area contributed by atoms with Crippen molar-refractivity contribution in [2.24, 2.45) is 0 Å².